The van der Waals surface area contributed by atoms with Crippen LogP contribution in [0.2, 0.25) is 0 Å². The van der Waals surface area contributed by atoms with E-state index in [1.807, 2.05) is 38.1 Å². The number of aldehydes is 1. The minimum absolute atomic E-state index is 0.177. The Bertz CT molecular complexity index is 548. The quantitative estimate of drug-likeness (QED) is 0.818. The van der Waals surface area contributed by atoms with Gasteiger partial charge in [0.25, 0.3) is 0 Å². The molecule has 0 aliphatic heterocycles. The minimum Gasteiger partial charge on any atom is -0.296 e. The van der Waals surface area contributed by atoms with Crippen molar-refractivity contribution in [3.8, 4) is 5.69 Å². The minimum atomic E-state index is 0.177. The van der Waals surface area contributed by atoms with Crippen LogP contribution in [0.25, 0.3) is 5.69 Å². The molecule has 0 bridgehead atoms. The topological polar surface area (TPSA) is 47.8 Å². The summed E-state index contributed by atoms with van der Waals surface area (Å²) < 4.78 is 2.50. The molecule has 5 heteroatoms. The maximum absolute atomic E-state index is 11.2. The third kappa shape index (κ3) is 2.29. The Hall–Kier alpha value is -1.49. The lowest BCUT2D eigenvalue weighted by Crippen LogP contribution is -2.03. The van der Waals surface area contributed by atoms with E-state index in [4.69, 9.17) is 0 Å². The van der Waals surface area contributed by atoms with Gasteiger partial charge in [-0.15, -0.1) is 5.10 Å². The van der Waals surface area contributed by atoms with Gasteiger partial charge >= 0.3 is 0 Å². The van der Waals surface area contributed by atoms with Crippen molar-refractivity contribution in [2.45, 2.75) is 19.8 Å². The summed E-state index contributed by atoms with van der Waals surface area (Å²) in [5, 5.41) is 8.09. The predicted molar refractivity (Wildman–Crippen MR) is 68.5 cm³/mol. The van der Waals surface area contributed by atoms with Crippen molar-refractivity contribution in [3.63, 3.8) is 0 Å². The van der Waals surface area contributed by atoms with Crippen LogP contribution >= 0.6 is 15.9 Å². The summed E-state index contributed by atoms with van der Waals surface area (Å²) in [6.07, 6.45) is 0.802. The molecule has 0 fully saturated rings. The normalized spacial score (nSPS) is 10.8. The first-order valence-electron chi connectivity index (χ1n) is 5.30. The summed E-state index contributed by atoms with van der Waals surface area (Å²) in [6.45, 7) is 3.98. The Kier molecular flexibility index (Phi) is 3.38. The molecule has 2 aromatic rings. The first-order valence-corrected chi connectivity index (χ1v) is 6.09. The van der Waals surface area contributed by atoms with Gasteiger partial charge in [0.05, 0.1) is 11.4 Å². The predicted octanol–water partition coefficient (Wildman–Crippen LogP) is 2.97. The SMILES string of the molecule is CC(C)c1nnn(-c2cccc(Br)c2)c1C=O. The molecule has 88 valence electrons. The zero-order valence-corrected chi connectivity index (χ0v) is 11.2. The van der Waals surface area contributed by atoms with Crippen molar-refractivity contribution in [2.24, 2.45) is 0 Å². The van der Waals surface area contributed by atoms with E-state index >= 15 is 0 Å². The molecule has 2 rings (SSSR count). The third-order valence-corrected chi connectivity index (χ3v) is 2.94. The number of nitrogens with zero attached hydrogens (tertiary/aromatic N) is 3. The van der Waals surface area contributed by atoms with Gasteiger partial charge in [-0.2, -0.15) is 0 Å². The van der Waals surface area contributed by atoms with Gasteiger partial charge in [-0.3, -0.25) is 4.79 Å². The summed E-state index contributed by atoms with van der Waals surface area (Å²) in [6, 6.07) is 7.59. The van der Waals surface area contributed by atoms with Crippen LogP contribution in [0.3, 0.4) is 0 Å². The third-order valence-electron chi connectivity index (χ3n) is 2.44. The Morgan fingerprint density at radius 2 is 2.18 bits per heavy atom. The highest BCUT2D eigenvalue weighted by atomic mass is 79.9. The van der Waals surface area contributed by atoms with Crippen molar-refractivity contribution < 1.29 is 4.79 Å². The van der Waals surface area contributed by atoms with E-state index in [1.165, 1.54) is 0 Å². The van der Waals surface area contributed by atoms with Crippen molar-refractivity contribution in [1.82, 2.24) is 15.0 Å². The number of halogens is 1. The maximum atomic E-state index is 11.2. The van der Waals surface area contributed by atoms with E-state index in [2.05, 4.69) is 26.2 Å². The van der Waals surface area contributed by atoms with Crippen molar-refractivity contribution >= 4 is 22.2 Å². The zero-order chi connectivity index (χ0) is 12.4. The van der Waals surface area contributed by atoms with E-state index in [9.17, 15) is 4.79 Å². The highest BCUT2D eigenvalue weighted by Crippen LogP contribution is 2.20. The van der Waals surface area contributed by atoms with E-state index in [1.54, 1.807) is 4.68 Å². The molecule has 1 heterocycles. The molecule has 0 aliphatic carbocycles. The number of carbonyl (C=O) groups excluding carboxylic acids is 1. The molecule has 0 unspecified atom stereocenters. The summed E-state index contributed by atoms with van der Waals surface area (Å²) in [7, 11) is 0. The first kappa shape index (κ1) is 12.0. The lowest BCUT2D eigenvalue weighted by Gasteiger charge is -2.04. The second-order valence-electron chi connectivity index (χ2n) is 4.02. The molecule has 0 saturated carbocycles. The molecule has 0 saturated heterocycles. The summed E-state index contributed by atoms with van der Waals surface area (Å²) in [5.74, 6) is 0.177. The maximum Gasteiger partial charge on any atom is 0.170 e. The van der Waals surface area contributed by atoms with Gasteiger partial charge in [0.2, 0.25) is 0 Å². The van der Waals surface area contributed by atoms with Crippen LogP contribution in [0, 0.1) is 0 Å². The zero-order valence-electron chi connectivity index (χ0n) is 9.59. The van der Waals surface area contributed by atoms with Gasteiger partial charge in [0.15, 0.2) is 6.29 Å². The number of benzene rings is 1. The Balaban J connectivity index is 2.56. The smallest absolute Gasteiger partial charge is 0.170 e. The average molecular weight is 294 g/mol. The van der Waals surface area contributed by atoms with Gasteiger partial charge in [-0.1, -0.05) is 41.1 Å². The highest BCUT2D eigenvalue weighted by molar-refractivity contribution is 9.10. The van der Waals surface area contributed by atoms with Crippen LogP contribution in [-0.4, -0.2) is 21.3 Å². The average Bonchev–Trinajstić information content (AvgIpc) is 2.72. The Labute approximate surface area is 108 Å². The number of carbonyl (C=O) groups is 1. The highest BCUT2D eigenvalue weighted by Gasteiger charge is 2.16. The molecular weight excluding hydrogens is 282 g/mol. The molecule has 0 amide bonds. The van der Waals surface area contributed by atoms with Gasteiger partial charge in [-0.25, -0.2) is 4.68 Å². The van der Waals surface area contributed by atoms with E-state index in [0.717, 1.165) is 22.1 Å². The standard InChI is InChI=1S/C12H12BrN3O/c1-8(2)12-11(7-17)16(15-14-12)10-5-3-4-9(13)6-10/h3-8H,1-2H3. The van der Waals surface area contributed by atoms with E-state index in [0.29, 0.717) is 5.69 Å². The lowest BCUT2D eigenvalue weighted by molar-refractivity contribution is 0.111. The van der Waals surface area contributed by atoms with E-state index in [-0.39, 0.29) is 5.92 Å². The van der Waals surface area contributed by atoms with Crippen LogP contribution in [0.4, 0.5) is 0 Å². The summed E-state index contributed by atoms with van der Waals surface area (Å²) >= 11 is 3.39. The molecule has 0 spiro atoms. The van der Waals surface area contributed by atoms with Crippen molar-refractivity contribution in [2.75, 3.05) is 0 Å². The molecule has 0 N–H and O–H groups in total. The largest absolute Gasteiger partial charge is 0.296 e. The van der Waals surface area contributed by atoms with E-state index < -0.39 is 0 Å². The van der Waals surface area contributed by atoms with Crippen LogP contribution in [0.5, 0.6) is 0 Å². The molecular formula is C12H12BrN3O. The second-order valence-corrected chi connectivity index (χ2v) is 4.94. The second kappa shape index (κ2) is 4.79. The fourth-order valence-corrected chi connectivity index (χ4v) is 2.01. The van der Waals surface area contributed by atoms with Crippen LogP contribution in [0.1, 0.15) is 35.9 Å². The summed E-state index contributed by atoms with van der Waals surface area (Å²) in [5.41, 5.74) is 2.05. The van der Waals surface area contributed by atoms with Crippen LogP contribution in [0.15, 0.2) is 28.7 Å². The number of aromatic nitrogens is 3. The molecule has 17 heavy (non-hydrogen) atoms. The van der Waals surface area contributed by atoms with Crippen molar-refractivity contribution in [1.29, 1.82) is 0 Å². The fraction of sp³-hybridized carbons (Fsp3) is 0.250. The first-order chi connectivity index (χ1) is 8.13. The fourth-order valence-electron chi connectivity index (χ4n) is 1.62. The Morgan fingerprint density at radius 3 is 2.76 bits per heavy atom. The van der Waals surface area contributed by atoms with Gasteiger partial charge in [-0.05, 0) is 24.1 Å². The Morgan fingerprint density at radius 1 is 1.41 bits per heavy atom. The van der Waals surface area contributed by atoms with Crippen LogP contribution in [-0.2, 0) is 0 Å². The summed E-state index contributed by atoms with van der Waals surface area (Å²) in [4.78, 5) is 11.2. The number of hydrogen-bond donors (Lipinski definition) is 0. The molecule has 1 aromatic heterocycles. The monoisotopic (exact) mass is 293 g/mol. The molecule has 0 radical (unpaired) electrons. The lowest BCUT2D eigenvalue weighted by atomic mass is 10.1. The van der Waals surface area contributed by atoms with Crippen LogP contribution < -0.4 is 0 Å². The van der Waals surface area contributed by atoms with Gasteiger partial charge in [0.1, 0.15) is 5.69 Å². The van der Waals surface area contributed by atoms with Gasteiger partial charge < -0.3 is 0 Å². The number of rotatable bonds is 3. The number of hydrogen-bond acceptors (Lipinski definition) is 3. The molecule has 0 aliphatic rings. The van der Waals surface area contributed by atoms with Crippen molar-refractivity contribution in [3.05, 3.63) is 40.1 Å². The molecule has 0 atom stereocenters. The molecule has 4 nitrogen and oxygen atoms in total. The molecule has 1 aromatic carbocycles. The van der Waals surface area contributed by atoms with Gasteiger partial charge in [0, 0.05) is 4.47 Å².